The van der Waals surface area contributed by atoms with Crippen LogP contribution in [-0.4, -0.2) is 14.7 Å². The van der Waals surface area contributed by atoms with Gasteiger partial charge in [-0.2, -0.15) is 0 Å². The number of hydrogen-bond donors (Lipinski definition) is 1. The number of nitrogens with zero attached hydrogens (tertiary/aromatic N) is 2. The van der Waals surface area contributed by atoms with Crippen LogP contribution in [0.1, 0.15) is 11.7 Å². The Bertz CT molecular complexity index is 877. The van der Waals surface area contributed by atoms with Crippen LogP contribution in [-0.2, 0) is 6.54 Å². The normalized spacial score (nSPS) is 12.5. The van der Waals surface area contributed by atoms with Gasteiger partial charge in [-0.05, 0) is 35.9 Å². The number of rotatable bonds is 3. The van der Waals surface area contributed by atoms with Gasteiger partial charge in [0.2, 0.25) is 0 Å². The van der Waals surface area contributed by atoms with Crippen LogP contribution in [0.2, 0.25) is 5.02 Å². The minimum atomic E-state index is -0.804. The van der Waals surface area contributed by atoms with Gasteiger partial charge in [-0.1, -0.05) is 39.7 Å². The summed E-state index contributed by atoms with van der Waals surface area (Å²) in [5, 5.41) is 11.4. The van der Waals surface area contributed by atoms with Gasteiger partial charge in [-0.25, -0.2) is 4.98 Å². The second kappa shape index (κ2) is 6.20. The first kappa shape index (κ1) is 15.2. The summed E-state index contributed by atoms with van der Waals surface area (Å²) in [6.07, 6.45) is 0.652. The Hall–Kier alpha value is -1.69. The maximum absolute atomic E-state index is 12.5. The zero-order valence-electron chi connectivity index (χ0n) is 11.4. The largest absolute Gasteiger partial charge is 0.387 e. The van der Waals surface area contributed by atoms with Crippen molar-refractivity contribution in [2.45, 2.75) is 12.6 Å². The third kappa shape index (κ3) is 3.06. The van der Waals surface area contributed by atoms with Gasteiger partial charge < -0.3 is 5.11 Å². The molecular formula is C16H12BrClN2O2. The van der Waals surface area contributed by atoms with E-state index >= 15 is 0 Å². The standard InChI is InChI=1S/C16H12BrClN2O2/c17-11-3-6-14-13(7-11)16(22)20(9-19-14)8-15(21)10-1-4-12(18)5-2-10/h1-7,9,15,21H,8H2. The molecule has 0 aliphatic carbocycles. The van der Waals surface area contributed by atoms with Gasteiger partial charge in [0.15, 0.2) is 0 Å². The van der Waals surface area contributed by atoms with E-state index in [1.807, 2.05) is 6.07 Å². The molecule has 4 nitrogen and oxygen atoms in total. The molecule has 0 radical (unpaired) electrons. The van der Waals surface area contributed by atoms with E-state index in [-0.39, 0.29) is 12.1 Å². The van der Waals surface area contributed by atoms with Crippen LogP contribution < -0.4 is 5.56 Å². The highest BCUT2D eigenvalue weighted by Crippen LogP contribution is 2.18. The zero-order chi connectivity index (χ0) is 15.7. The summed E-state index contributed by atoms with van der Waals surface area (Å²) in [5.41, 5.74) is 1.15. The Kier molecular flexibility index (Phi) is 4.29. The smallest absolute Gasteiger partial charge is 0.261 e. The zero-order valence-corrected chi connectivity index (χ0v) is 13.8. The van der Waals surface area contributed by atoms with E-state index in [4.69, 9.17) is 11.6 Å². The molecule has 22 heavy (non-hydrogen) atoms. The number of benzene rings is 2. The van der Waals surface area contributed by atoms with Gasteiger partial charge in [0.1, 0.15) is 0 Å². The van der Waals surface area contributed by atoms with Crippen LogP contribution in [0.3, 0.4) is 0 Å². The van der Waals surface area contributed by atoms with Crippen LogP contribution in [0.25, 0.3) is 10.9 Å². The molecule has 1 aromatic heterocycles. The SMILES string of the molecule is O=c1c2cc(Br)ccc2ncn1CC(O)c1ccc(Cl)cc1. The van der Waals surface area contributed by atoms with Crippen molar-refractivity contribution in [1.29, 1.82) is 0 Å². The molecule has 1 heterocycles. The summed E-state index contributed by atoms with van der Waals surface area (Å²) in [6.45, 7) is 0.135. The molecule has 0 amide bonds. The summed E-state index contributed by atoms with van der Waals surface area (Å²) in [6, 6.07) is 12.2. The molecule has 0 saturated carbocycles. The first-order valence-corrected chi connectivity index (χ1v) is 7.80. The molecular weight excluding hydrogens is 368 g/mol. The van der Waals surface area contributed by atoms with E-state index in [0.29, 0.717) is 21.5 Å². The maximum Gasteiger partial charge on any atom is 0.261 e. The third-order valence-electron chi connectivity index (χ3n) is 3.41. The lowest BCUT2D eigenvalue weighted by Crippen LogP contribution is -2.23. The number of halogens is 2. The van der Waals surface area contributed by atoms with E-state index in [2.05, 4.69) is 20.9 Å². The maximum atomic E-state index is 12.5. The van der Waals surface area contributed by atoms with Crippen molar-refractivity contribution in [3.63, 3.8) is 0 Å². The van der Waals surface area contributed by atoms with Crippen molar-refractivity contribution >= 4 is 38.4 Å². The molecule has 0 bridgehead atoms. The quantitative estimate of drug-likeness (QED) is 0.757. The van der Waals surface area contributed by atoms with E-state index in [9.17, 15) is 9.90 Å². The highest BCUT2D eigenvalue weighted by atomic mass is 79.9. The minimum Gasteiger partial charge on any atom is -0.387 e. The van der Waals surface area contributed by atoms with Gasteiger partial charge in [0, 0.05) is 9.50 Å². The van der Waals surface area contributed by atoms with Gasteiger partial charge in [-0.15, -0.1) is 0 Å². The number of aliphatic hydroxyl groups is 1. The van der Waals surface area contributed by atoms with Crippen molar-refractivity contribution in [2.24, 2.45) is 0 Å². The average molecular weight is 380 g/mol. The van der Waals surface area contributed by atoms with E-state index in [1.54, 1.807) is 36.4 Å². The lowest BCUT2D eigenvalue weighted by atomic mass is 10.1. The fraction of sp³-hybridized carbons (Fsp3) is 0.125. The average Bonchev–Trinajstić information content (AvgIpc) is 2.51. The number of fused-ring (bicyclic) bond motifs is 1. The van der Waals surface area contributed by atoms with Gasteiger partial charge in [0.05, 0.1) is 29.9 Å². The molecule has 3 aromatic rings. The van der Waals surface area contributed by atoms with Crippen LogP contribution >= 0.6 is 27.5 Å². The first-order chi connectivity index (χ1) is 10.5. The summed E-state index contributed by atoms with van der Waals surface area (Å²) in [4.78, 5) is 16.7. The molecule has 0 fully saturated rings. The molecule has 112 valence electrons. The fourth-order valence-electron chi connectivity index (χ4n) is 2.24. The summed E-state index contributed by atoms with van der Waals surface area (Å²) >= 11 is 9.18. The van der Waals surface area contributed by atoms with Gasteiger partial charge in [0.25, 0.3) is 5.56 Å². The van der Waals surface area contributed by atoms with E-state index in [0.717, 1.165) is 4.47 Å². The second-order valence-corrected chi connectivity index (χ2v) is 6.28. The van der Waals surface area contributed by atoms with E-state index in [1.165, 1.54) is 10.9 Å². The van der Waals surface area contributed by atoms with Crippen LogP contribution in [0, 0.1) is 0 Å². The number of aromatic nitrogens is 2. The molecule has 6 heteroatoms. The summed E-state index contributed by atoms with van der Waals surface area (Å²) in [7, 11) is 0. The summed E-state index contributed by atoms with van der Waals surface area (Å²) in [5.74, 6) is 0. The molecule has 1 atom stereocenters. The molecule has 1 N–H and O–H groups in total. The predicted octanol–water partition coefficient (Wildman–Crippen LogP) is 3.55. The Balaban J connectivity index is 1.95. The lowest BCUT2D eigenvalue weighted by Gasteiger charge is -2.13. The topological polar surface area (TPSA) is 55.1 Å². The highest BCUT2D eigenvalue weighted by Gasteiger charge is 2.11. The number of aliphatic hydroxyl groups excluding tert-OH is 1. The Labute approximate surface area is 140 Å². The minimum absolute atomic E-state index is 0.135. The van der Waals surface area contributed by atoms with Crippen molar-refractivity contribution in [1.82, 2.24) is 9.55 Å². The van der Waals surface area contributed by atoms with Crippen molar-refractivity contribution in [3.8, 4) is 0 Å². The first-order valence-electron chi connectivity index (χ1n) is 6.63. The van der Waals surface area contributed by atoms with Gasteiger partial charge in [-0.3, -0.25) is 9.36 Å². The molecule has 0 aliphatic heterocycles. The molecule has 1 unspecified atom stereocenters. The van der Waals surface area contributed by atoms with Crippen molar-refractivity contribution < 1.29 is 5.11 Å². The van der Waals surface area contributed by atoms with Gasteiger partial charge >= 0.3 is 0 Å². The molecule has 0 saturated heterocycles. The highest BCUT2D eigenvalue weighted by molar-refractivity contribution is 9.10. The Morgan fingerprint density at radius 2 is 1.95 bits per heavy atom. The molecule has 2 aromatic carbocycles. The van der Waals surface area contributed by atoms with Crippen LogP contribution in [0.4, 0.5) is 0 Å². The molecule has 0 aliphatic rings. The Morgan fingerprint density at radius 1 is 1.23 bits per heavy atom. The fourth-order valence-corrected chi connectivity index (χ4v) is 2.72. The van der Waals surface area contributed by atoms with Crippen LogP contribution in [0.15, 0.2) is 58.1 Å². The summed E-state index contributed by atoms with van der Waals surface area (Å²) < 4.78 is 2.23. The second-order valence-electron chi connectivity index (χ2n) is 4.93. The predicted molar refractivity (Wildman–Crippen MR) is 90.1 cm³/mol. The molecule has 0 spiro atoms. The van der Waals surface area contributed by atoms with E-state index < -0.39 is 6.10 Å². The lowest BCUT2D eigenvalue weighted by molar-refractivity contribution is 0.155. The molecule has 3 rings (SSSR count). The monoisotopic (exact) mass is 378 g/mol. The Morgan fingerprint density at radius 3 is 2.68 bits per heavy atom. The van der Waals surface area contributed by atoms with Crippen LogP contribution in [0.5, 0.6) is 0 Å². The third-order valence-corrected chi connectivity index (χ3v) is 4.16. The van der Waals surface area contributed by atoms with Crippen molar-refractivity contribution in [3.05, 3.63) is 74.2 Å². The van der Waals surface area contributed by atoms with Crippen molar-refractivity contribution in [2.75, 3.05) is 0 Å². The number of hydrogen-bond acceptors (Lipinski definition) is 3.